The quantitative estimate of drug-likeness (QED) is 0.788. The van der Waals surface area contributed by atoms with Crippen molar-refractivity contribution in [2.24, 2.45) is 0 Å². The third kappa shape index (κ3) is 3.48. The molecule has 19 heavy (non-hydrogen) atoms. The standard InChI is InChI=1S/C13H17NO4S/c1-16-11-4-2-3-5-12(11)17-7-6-14-8-10(9-15)18-13(14)19/h2-5,10,15H,6-9H2,1H3/t10-/m0/s1. The minimum atomic E-state index is -0.223. The molecule has 1 aliphatic rings. The van der Waals surface area contributed by atoms with Gasteiger partial charge in [-0.2, -0.15) is 0 Å². The molecule has 2 rings (SSSR count). The molecule has 0 aliphatic carbocycles. The molecule has 0 spiro atoms. The van der Waals surface area contributed by atoms with Crippen molar-refractivity contribution in [1.29, 1.82) is 0 Å². The fourth-order valence-electron chi connectivity index (χ4n) is 1.86. The Morgan fingerprint density at radius 1 is 1.42 bits per heavy atom. The van der Waals surface area contributed by atoms with Crippen LogP contribution in [0, 0.1) is 0 Å². The predicted molar refractivity (Wildman–Crippen MR) is 74.6 cm³/mol. The molecule has 1 fully saturated rings. The van der Waals surface area contributed by atoms with Gasteiger partial charge in [-0.15, -0.1) is 0 Å². The number of hydrogen-bond donors (Lipinski definition) is 1. The largest absolute Gasteiger partial charge is 0.493 e. The first kappa shape index (κ1) is 13.9. The Bertz CT molecular complexity index is 440. The topological polar surface area (TPSA) is 51.2 Å². The number of thiocarbonyl (C=S) groups is 1. The number of hydrogen-bond acceptors (Lipinski definition) is 5. The van der Waals surface area contributed by atoms with Crippen molar-refractivity contribution < 1.29 is 19.3 Å². The summed E-state index contributed by atoms with van der Waals surface area (Å²) >= 11 is 5.07. The van der Waals surface area contributed by atoms with Crippen LogP contribution in [0.25, 0.3) is 0 Å². The van der Waals surface area contributed by atoms with E-state index in [9.17, 15) is 0 Å². The molecule has 0 bridgehead atoms. The second kappa shape index (κ2) is 6.58. The van der Waals surface area contributed by atoms with Crippen LogP contribution in [-0.2, 0) is 4.74 Å². The van der Waals surface area contributed by atoms with E-state index in [1.54, 1.807) is 7.11 Å². The molecule has 104 valence electrons. The first-order chi connectivity index (χ1) is 9.24. The van der Waals surface area contributed by atoms with Crippen LogP contribution in [0.1, 0.15) is 0 Å². The maximum atomic E-state index is 9.01. The van der Waals surface area contributed by atoms with Crippen molar-refractivity contribution >= 4 is 17.4 Å². The number of rotatable bonds is 6. The summed E-state index contributed by atoms with van der Waals surface area (Å²) in [6.45, 7) is 1.67. The third-order valence-electron chi connectivity index (χ3n) is 2.84. The van der Waals surface area contributed by atoms with E-state index in [-0.39, 0.29) is 12.7 Å². The van der Waals surface area contributed by atoms with Crippen LogP contribution in [0.3, 0.4) is 0 Å². The van der Waals surface area contributed by atoms with E-state index in [1.807, 2.05) is 29.2 Å². The number of ether oxygens (including phenoxy) is 3. The van der Waals surface area contributed by atoms with Gasteiger partial charge in [0, 0.05) is 0 Å². The number of para-hydroxylation sites is 2. The van der Waals surface area contributed by atoms with Crippen molar-refractivity contribution in [3.05, 3.63) is 24.3 Å². The van der Waals surface area contributed by atoms with Gasteiger partial charge in [0.15, 0.2) is 11.5 Å². The van der Waals surface area contributed by atoms with Gasteiger partial charge in [0.1, 0.15) is 12.7 Å². The predicted octanol–water partition coefficient (Wildman–Crippen LogP) is 1.05. The van der Waals surface area contributed by atoms with Crippen LogP contribution in [0.4, 0.5) is 0 Å². The summed E-state index contributed by atoms with van der Waals surface area (Å²) in [5.74, 6) is 1.41. The van der Waals surface area contributed by atoms with Gasteiger partial charge in [-0.25, -0.2) is 0 Å². The van der Waals surface area contributed by atoms with Crippen LogP contribution in [0.2, 0.25) is 0 Å². The van der Waals surface area contributed by atoms with E-state index in [2.05, 4.69) is 0 Å². The van der Waals surface area contributed by atoms with Crippen molar-refractivity contribution in [2.45, 2.75) is 6.10 Å². The lowest BCUT2D eigenvalue weighted by Gasteiger charge is -2.16. The number of methoxy groups -OCH3 is 1. The van der Waals surface area contributed by atoms with Crippen LogP contribution in [0.5, 0.6) is 11.5 Å². The van der Waals surface area contributed by atoms with Crippen molar-refractivity contribution in [3.63, 3.8) is 0 Å². The Hall–Kier alpha value is -1.53. The normalized spacial score (nSPS) is 18.3. The Morgan fingerprint density at radius 2 is 2.16 bits per heavy atom. The highest BCUT2D eigenvalue weighted by atomic mass is 32.1. The average molecular weight is 283 g/mol. The molecule has 1 heterocycles. The zero-order chi connectivity index (χ0) is 13.7. The Morgan fingerprint density at radius 3 is 2.79 bits per heavy atom. The highest BCUT2D eigenvalue weighted by molar-refractivity contribution is 7.80. The van der Waals surface area contributed by atoms with Crippen LogP contribution in [-0.4, -0.2) is 54.7 Å². The third-order valence-corrected chi connectivity index (χ3v) is 3.20. The summed E-state index contributed by atoms with van der Waals surface area (Å²) in [6, 6.07) is 7.49. The summed E-state index contributed by atoms with van der Waals surface area (Å²) in [7, 11) is 1.61. The van der Waals surface area contributed by atoms with Gasteiger partial charge < -0.3 is 24.2 Å². The second-order valence-electron chi connectivity index (χ2n) is 4.13. The number of nitrogens with zero attached hydrogens (tertiary/aromatic N) is 1. The molecule has 1 N–H and O–H groups in total. The number of benzene rings is 1. The fraction of sp³-hybridized carbons (Fsp3) is 0.462. The molecular formula is C13H17NO4S. The monoisotopic (exact) mass is 283 g/mol. The first-order valence-electron chi connectivity index (χ1n) is 6.07. The molecule has 0 saturated carbocycles. The van der Waals surface area contributed by atoms with Crippen molar-refractivity contribution in [3.8, 4) is 11.5 Å². The zero-order valence-corrected chi connectivity index (χ0v) is 11.6. The van der Waals surface area contributed by atoms with Gasteiger partial charge in [0.2, 0.25) is 0 Å². The molecule has 0 radical (unpaired) electrons. The smallest absolute Gasteiger partial charge is 0.259 e. The summed E-state index contributed by atoms with van der Waals surface area (Å²) < 4.78 is 16.2. The lowest BCUT2D eigenvalue weighted by atomic mass is 10.3. The molecular weight excluding hydrogens is 266 g/mol. The highest BCUT2D eigenvalue weighted by Crippen LogP contribution is 2.25. The van der Waals surface area contributed by atoms with Crippen LogP contribution in [0.15, 0.2) is 24.3 Å². The van der Waals surface area contributed by atoms with Crippen LogP contribution < -0.4 is 9.47 Å². The van der Waals surface area contributed by atoms with Crippen molar-refractivity contribution in [1.82, 2.24) is 4.90 Å². The molecule has 1 aromatic carbocycles. The highest BCUT2D eigenvalue weighted by Gasteiger charge is 2.27. The SMILES string of the molecule is COc1ccccc1OCCN1C[C@@H](CO)OC1=S. The van der Waals surface area contributed by atoms with Gasteiger partial charge >= 0.3 is 0 Å². The zero-order valence-electron chi connectivity index (χ0n) is 10.7. The van der Waals surface area contributed by atoms with Crippen LogP contribution >= 0.6 is 12.2 Å². The van der Waals surface area contributed by atoms with Crippen molar-refractivity contribution in [2.75, 3.05) is 33.4 Å². The maximum absolute atomic E-state index is 9.01. The van der Waals surface area contributed by atoms with Gasteiger partial charge in [-0.1, -0.05) is 12.1 Å². The summed E-state index contributed by atoms with van der Waals surface area (Å²) in [5, 5.41) is 9.43. The number of aliphatic hydroxyl groups is 1. The Kier molecular flexibility index (Phi) is 4.81. The lowest BCUT2D eigenvalue weighted by Crippen LogP contribution is -2.30. The van der Waals surface area contributed by atoms with E-state index in [1.165, 1.54) is 0 Å². The van der Waals surface area contributed by atoms with Gasteiger partial charge in [0.25, 0.3) is 5.17 Å². The second-order valence-corrected chi connectivity index (χ2v) is 4.48. The summed E-state index contributed by atoms with van der Waals surface area (Å²) in [5.41, 5.74) is 0. The Balaban J connectivity index is 1.82. The molecule has 0 amide bonds. The minimum absolute atomic E-state index is 0.0238. The van der Waals surface area contributed by atoms with E-state index < -0.39 is 0 Å². The summed E-state index contributed by atoms with van der Waals surface area (Å²) in [6.07, 6.45) is -0.223. The molecule has 0 aromatic heterocycles. The molecule has 1 aliphatic heterocycles. The lowest BCUT2D eigenvalue weighted by molar-refractivity contribution is 0.133. The fourth-order valence-corrected chi connectivity index (χ4v) is 2.16. The molecule has 0 unspecified atom stereocenters. The maximum Gasteiger partial charge on any atom is 0.259 e. The van der Waals surface area contributed by atoms with E-state index in [0.717, 1.165) is 0 Å². The van der Waals surface area contributed by atoms with Gasteiger partial charge in [-0.3, -0.25) is 0 Å². The average Bonchev–Trinajstić information content (AvgIpc) is 2.80. The Labute approximate surface area is 117 Å². The van der Waals surface area contributed by atoms with E-state index in [4.69, 9.17) is 31.5 Å². The van der Waals surface area contributed by atoms with E-state index >= 15 is 0 Å². The summed E-state index contributed by atoms with van der Waals surface area (Å²) in [4.78, 5) is 1.88. The minimum Gasteiger partial charge on any atom is -0.493 e. The molecule has 5 nitrogen and oxygen atoms in total. The van der Waals surface area contributed by atoms with Gasteiger partial charge in [0.05, 0.1) is 26.8 Å². The van der Waals surface area contributed by atoms with Gasteiger partial charge in [-0.05, 0) is 24.4 Å². The molecule has 6 heteroatoms. The first-order valence-corrected chi connectivity index (χ1v) is 6.47. The molecule has 1 saturated heterocycles. The van der Waals surface area contributed by atoms with E-state index in [0.29, 0.717) is 36.4 Å². The molecule has 1 atom stereocenters. The molecule has 1 aromatic rings. The number of aliphatic hydroxyl groups excluding tert-OH is 1.